The third-order valence-electron chi connectivity index (χ3n) is 2.38. The highest BCUT2D eigenvalue weighted by Crippen LogP contribution is 2.01. The van der Waals surface area contributed by atoms with E-state index in [1.165, 1.54) is 0 Å². The Balaban J connectivity index is 4.04. The van der Waals surface area contributed by atoms with Crippen LogP contribution in [0.25, 0.3) is 0 Å². The standard InChI is InChI=1S/C11H21N3O4/c1-7(12)3-2-4-10(16)14-8(11(17)18)5-6-9(13)15/h7-8H,2-6,12H2,1H3,(H2,13,15)(H,14,16)(H,17,18)/t7?,8-/m0/s1. The molecule has 2 amide bonds. The molecule has 104 valence electrons. The van der Waals surface area contributed by atoms with Crippen molar-refractivity contribution in [1.82, 2.24) is 5.32 Å². The summed E-state index contributed by atoms with van der Waals surface area (Å²) in [7, 11) is 0. The summed E-state index contributed by atoms with van der Waals surface area (Å²) in [6, 6.07) is -1.05. The van der Waals surface area contributed by atoms with Crippen molar-refractivity contribution >= 4 is 17.8 Å². The molecule has 0 bridgehead atoms. The Morgan fingerprint density at radius 1 is 1.22 bits per heavy atom. The van der Waals surface area contributed by atoms with Crippen LogP contribution in [0, 0.1) is 0 Å². The van der Waals surface area contributed by atoms with Gasteiger partial charge in [-0.3, -0.25) is 9.59 Å². The van der Waals surface area contributed by atoms with Crippen molar-refractivity contribution < 1.29 is 19.5 Å². The van der Waals surface area contributed by atoms with Crippen molar-refractivity contribution in [3.05, 3.63) is 0 Å². The van der Waals surface area contributed by atoms with E-state index in [1.807, 2.05) is 6.92 Å². The maximum Gasteiger partial charge on any atom is 0.326 e. The molecule has 0 fully saturated rings. The van der Waals surface area contributed by atoms with Gasteiger partial charge in [0.15, 0.2) is 0 Å². The first-order chi connectivity index (χ1) is 8.32. The zero-order valence-corrected chi connectivity index (χ0v) is 10.5. The molecular formula is C11H21N3O4. The topological polar surface area (TPSA) is 136 Å². The number of carbonyl (C=O) groups excluding carboxylic acids is 2. The molecule has 0 spiro atoms. The SMILES string of the molecule is CC(N)CCCC(=O)N[C@@H](CCC(N)=O)C(=O)O. The first kappa shape index (κ1) is 16.4. The highest BCUT2D eigenvalue weighted by molar-refractivity contribution is 5.84. The molecule has 0 heterocycles. The van der Waals surface area contributed by atoms with Gasteiger partial charge in [-0.2, -0.15) is 0 Å². The molecule has 0 aromatic heterocycles. The molecule has 0 aliphatic carbocycles. The zero-order valence-electron chi connectivity index (χ0n) is 10.5. The molecule has 0 saturated heterocycles. The van der Waals surface area contributed by atoms with Crippen LogP contribution in [0.2, 0.25) is 0 Å². The fourth-order valence-electron chi connectivity index (χ4n) is 1.40. The van der Waals surface area contributed by atoms with E-state index in [4.69, 9.17) is 16.6 Å². The molecule has 0 saturated carbocycles. The molecule has 6 N–H and O–H groups in total. The zero-order chi connectivity index (χ0) is 14.1. The smallest absolute Gasteiger partial charge is 0.326 e. The van der Waals surface area contributed by atoms with Gasteiger partial charge < -0.3 is 21.9 Å². The number of carboxylic acid groups (broad SMARTS) is 1. The molecule has 0 aliphatic heterocycles. The van der Waals surface area contributed by atoms with E-state index in [-0.39, 0.29) is 31.2 Å². The summed E-state index contributed by atoms with van der Waals surface area (Å²) in [4.78, 5) is 32.9. The van der Waals surface area contributed by atoms with Crippen LogP contribution < -0.4 is 16.8 Å². The monoisotopic (exact) mass is 259 g/mol. The molecule has 7 nitrogen and oxygen atoms in total. The average molecular weight is 259 g/mol. The highest BCUT2D eigenvalue weighted by atomic mass is 16.4. The van der Waals surface area contributed by atoms with E-state index in [2.05, 4.69) is 5.32 Å². The second-order valence-corrected chi connectivity index (χ2v) is 4.33. The first-order valence-electron chi connectivity index (χ1n) is 5.89. The van der Waals surface area contributed by atoms with Gasteiger partial charge in [0.25, 0.3) is 0 Å². The summed E-state index contributed by atoms with van der Waals surface area (Å²) in [6.07, 6.45) is 1.46. The molecule has 7 heteroatoms. The van der Waals surface area contributed by atoms with Crippen molar-refractivity contribution in [2.75, 3.05) is 0 Å². The number of nitrogens with one attached hydrogen (secondary N) is 1. The maximum atomic E-state index is 11.5. The number of rotatable bonds is 9. The number of hydrogen-bond acceptors (Lipinski definition) is 4. The van der Waals surface area contributed by atoms with Gasteiger partial charge in [-0.25, -0.2) is 4.79 Å². The van der Waals surface area contributed by atoms with Gasteiger partial charge in [0.2, 0.25) is 11.8 Å². The fraction of sp³-hybridized carbons (Fsp3) is 0.727. The summed E-state index contributed by atoms with van der Waals surface area (Å²) in [5.41, 5.74) is 10.5. The summed E-state index contributed by atoms with van der Waals surface area (Å²) < 4.78 is 0. The fourth-order valence-corrected chi connectivity index (χ4v) is 1.40. The summed E-state index contributed by atoms with van der Waals surface area (Å²) in [5, 5.41) is 11.2. The number of carboxylic acids is 1. The molecule has 1 unspecified atom stereocenters. The lowest BCUT2D eigenvalue weighted by molar-refractivity contribution is -0.142. The van der Waals surface area contributed by atoms with Crippen molar-refractivity contribution in [3.63, 3.8) is 0 Å². The van der Waals surface area contributed by atoms with Crippen LogP contribution in [0.3, 0.4) is 0 Å². The van der Waals surface area contributed by atoms with E-state index in [1.54, 1.807) is 0 Å². The second kappa shape index (κ2) is 8.46. The molecule has 2 atom stereocenters. The van der Waals surface area contributed by atoms with Crippen molar-refractivity contribution in [2.45, 2.75) is 51.1 Å². The number of amides is 2. The van der Waals surface area contributed by atoms with Crippen LogP contribution in [0.5, 0.6) is 0 Å². The van der Waals surface area contributed by atoms with Crippen LogP contribution in [0.15, 0.2) is 0 Å². The number of carbonyl (C=O) groups is 3. The van der Waals surface area contributed by atoms with Crippen LogP contribution >= 0.6 is 0 Å². The van der Waals surface area contributed by atoms with Crippen LogP contribution in [0.1, 0.15) is 39.0 Å². The Kier molecular flexibility index (Phi) is 7.69. The molecule has 18 heavy (non-hydrogen) atoms. The van der Waals surface area contributed by atoms with Crippen LogP contribution in [-0.4, -0.2) is 35.0 Å². The minimum absolute atomic E-state index is 0.00367. The second-order valence-electron chi connectivity index (χ2n) is 4.33. The predicted molar refractivity (Wildman–Crippen MR) is 65.5 cm³/mol. The Morgan fingerprint density at radius 3 is 2.28 bits per heavy atom. The molecule has 0 rings (SSSR count). The maximum absolute atomic E-state index is 11.5. The third kappa shape index (κ3) is 8.51. The van der Waals surface area contributed by atoms with Gasteiger partial charge in [-0.05, 0) is 26.2 Å². The molecule has 0 aromatic rings. The lowest BCUT2D eigenvalue weighted by Gasteiger charge is -2.13. The minimum Gasteiger partial charge on any atom is -0.480 e. The Morgan fingerprint density at radius 2 is 1.83 bits per heavy atom. The number of aliphatic carboxylic acids is 1. The normalized spacial score (nSPS) is 13.7. The van der Waals surface area contributed by atoms with E-state index in [0.717, 1.165) is 0 Å². The van der Waals surface area contributed by atoms with Gasteiger partial charge in [-0.1, -0.05) is 0 Å². The lowest BCUT2D eigenvalue weighted by atomic mass is 10.1. The summed E-state index contributed by atoms with van der Waals surface area (Å²) in [5.74, 6) is -2.11. The first-order valence-corrected chi connectivity index (χ1v) is 5.89. The predicted octanol–water partition coefficient (Wildman–Crippen LogP) is -0.661. The summed E-state index contributed by atoms with van der Waals surface area (Å²) in [6.45, 7) is 1.84. The van der Waals surface area contributed by atoms with E-state index in [9.17, 15) is 14.4 Å². The molecule has 0 radical (unpaired) electrons. The Hall–Kier alpha value is -1.63. The van der Waals surface area contributed by atoms with Gasteiger partial charge in [0, 0.05) is 18.9 Å². The summed E-state index contributed by atoms with van der Waals surface area (Å²) >= 11 is 0. The van der Waals surface area contributed by atoms with Gasteiger partial charge in [-0.15, -0.1) is 0 Å². The van der Waals surface area contributed by atoms with E-state index < -0.39 is 17.9 Å². The molecule has 0 aromatic carbocycles. The van der Waals surface area contributed by atoms with Crippen molar-refractivity contribution in [3.8, 4) is 0 Å². The molecular weight excluding hydrogens is 238 g/mol. The number of hydrogen-bond donors (Lipinski definition) is 4. The molecule has 0 aliphatic rings. The van der Waals surface area contributed by atoms with Gasteiger partial charge in [0.1, 0.15) is 6.04 Å². The van der Waals surface area contributed by atoms with Crippen LogP contribution in [0.4, 0.5) is 0 Å². The van der Waals surface area contributed by atoms with Gasteiger partial charge >= 0.3 is 5.97 Å². The lowest BCUT2D eigenvalue weighted by Crippen LogP contribution is -2.41. The Bertz CT molecular complexity index is 305. The van der Waals surface area contributed by atoms with Crippen molar-refractivity contribution in [1.29, 1.82) is 0 Å². The van der Waals surface area contributed by atoms with E-state index in [0.29, 0.717) is 12.8 Å². The highest BCUT2D eigenvalue weighted by Gasteiger charge is 2.20. The van der Waals surface area contributed by atoms with Gasteiger partial charge in [0.05, 0.1) is 0 Å². The van der Waals surface area contributed by atoms with Crippen molar-refractivity contribution in [2.24, 2.45) is 11.5 Å². The average Bonchev–Trinajstić information content (AvgIpc) is 2.22. The third-order valence-corrected chi connectivity index (χ3v) is 2.38. The number of nitrogens with two attached hydrogens (primary N) is 2. The Labute approximate surface area is 106 Å². The largest absolute Gasteiger partial charge is 0.480 e. The van der Waals surface area contributed by atoms with Crippen LogP contribution in [-0.2, 0) is 14.4 Å². The quantitative estimate of drug-likeness (QED) is 0.436. The number of primary amides is 1. The minimum atomic E-state index is -1.17. The van der Waals surface area contributed by atoms with E-state index >= 15 is 0 Å².